The highest BCUT2D eigenvalue weighted by molar-refractivity contribution is 6.32. The molecule has 0 aliphatic rings. The molecule has 2 rings (SSSR count). The minimum Gasteiger partial charge on any atom is -0.508 e. The quantitative estimate of drug-likeness (QED) is 0.847. The van der Waals surface area contributed by atoms with E-state index in [4.69, 9.17) is 11.6 Å². The number of pyridine rings is 1. The number of hydrogen-bond acceptors (Lipinski definition) is 3. The van der Waals surface area contributed by atoms with Gasteiger partial charge in [-0.1, -0.05) is 23.7 Å². The number of anilines is 1. The molecule has 5 heteroatoms. The van der Waals surface area contributed by atoms with E-state index in [2.05, 4.69) is 10.3 Å². The minimum atomic E-state index is -0.177. The molecule has 0 spiro atoms. The van der Waals surface area contributed by atoms with Crippen LogP contribution in [0.15, 0.2) is 36.5 Å². The molecular formula is C14H13ClN2O2. The van der Waals surface area contributed by atoms with Crippen LogP contribution in [-0.4, -0.2) is 16.0 Å². The SMILES string of the molecule is Cc1ccnc(Cl)c1NC(=O)Cc1ccc(O)cc1. The number of carbonyl (C=O) groups excluding carboxylic acids is 1. The Hall–Kier alpha value is -2.07. The van der Waals surface area contributed by atoms with Crippen LogP contribution in [0.1, 0.15) is 11.1 Å². The van der Waals surface area contributed by atoms with Gasteiger partial charge in [0.2, 0.25) is 5.91 Å². The minimum absolute atomic E-state index is 0.176. The van der Waals surface area contributed by atoms with Crippen molar-refractivity contribution in [1.82, 2.24) is 4.98 Å². The predicted molar refractivity (Wildman–Crippen MR) is 74.4 cm³/mol. The highest BCUT2D eigenvalue weighted by Gasteiger charge is 2.09. The fourth-order valence-electron chi connectivity index (χ4n) is 1.66. The Morgan fingerprint density at radius 1 is 1.32 bits per heavy atom. The number of hydrogen-bond donors (Lipinski definition) is 2. The summed E-state index contributed by atoms with van der Waals surface area (Å²) in [5, 5.41) is 12.2. The largest absolute Gasteiger partial charge is 0.508 e. The summed E-state index contributed by atoms with van der Waals surface area (Å²) in [6.45, 7) is 1.85. The maximum absolute atomic E-state index is 11.9. The molecule has 0 atom stereocenters. The standard InChI is InChI=1S/C14H13ClN2O2/c1-9-6-7-16-14(15)13(9)17-12(19)8-10-2-4-11(18)5-3-10/h2-7,18H,8H2,1H3,(H,17,19). The molecule has 0 aliphatic heterocycles. The molecule has 0 radical (unpaired) electrons. The van der Waals surface area contributed by atoms with E-state index in [1.54, 1.807) is 36.5 Å². The number of nitrogens with one attached hydrogen (secondary N) is 1. The van der Waals surface area contributed by atoms with Gasteiger partial charge in [-0.15, -0.1) is 0 Å². The van der Waals surface area contributed by atoms with E-state index >= 15 is 0 Å². The third-order valence-corrected chi connectivity index (χ3v) is 2.97. The monoisotopic (exact) mass is 276 g/mol. The van der Waals surface area contributed by atoms with Gasteiger partial charge in [0.15, 0.2) is 5.15 Å². The molecule has 19 heavy (non-hydrogen) atoms. The summed E-state index contributed by atoms with van der Waals surface area (Å²) in [5.41, 5.74) is 2.21. The lowest BCUT2D eigenvalue weighted by atomic mass is 10.1. The Morgan fingerprint density at radius 2 is 2.00 bits per heavy atom. The zero-order chi connectivity index (χ0) is 13.8. The lowest BCUT2D eigenvalue weighted by Crippen LogP contribution is -2.15. The Balaban J connectivity index is 2.07. The highest BCUT2D eigenvalue weighted by Crippen LogP contribution is 2.23. The fraction of sp³-hybridized carbons (Fsp3) is 0.143. The molecule has 98 valence electrons. The number of nitrogens with zero attached hydrogens (tertiary/aromatic N) is 1. The van der Waals surface area contributed by atoms with E-state index in [-0.39, 0.29) is 23.2 Å². The average molecular weight is 277 g/mol. The summed E-state index contributed by atoms with van der Waals surface area (Å²) in [7, 11) is 0. The first-order chi connectivity index (χ1) is 9.06. The van der Waals surface area contributed by atoms with Crippen LogP contribution in [0.4, 0.5) is 5.69 Å². The molecule has 0 bridgehead atoms. The molecule has 1 aromatic carbocycles. The molecule has 0 aliphatic carbocycles. The van der Waals surface area contributed by atoms with Gasteiger partial charge in [-0.2, -0.15) is 0 Å². The topological polar surface area (TPSA) is 62.2 Å². The Bertz CT molecular complexity index is 577. The molecule has 1 aromatic heterocycles. The Labute approximate surface area is 116 Å². The van der Waals surface area contributed by atoms with Crippen LogP contribution in [0.25, 0.3) is 0 Å². The summed E-state index contributed by atoms with van der Waals surface area (Å²) in [5.74, 6) is -0.000929. The van der Waals surface area contributed by atoms with Crippen LogP contribution in [0.5, 0.6) is 5.75 Å². The van der Waals surface area contributed by atoms with E-state index < -0.39 is 0 Å². The zero-order valence-corrected chi connectivity index (χ0v) is 11.1. The first kappa shape index (κ1) is 13.4. The van der Waals surface area contributed by atoms with Gasteiger partial charge >= 0.3 is 0 Å². The Morgan fingerprint density at radius 3 is 2.63 bits per heavy atom. The van der Waals surface area contributed by atoms with Crippen LogP contribution >= 0.6 is 11.6 Å². The van der Waals surface area contributed by atoms with Gasteiger partial charge in [-0.25, -0.2) is 4.98 Å². The average Bonchev–Trinajstić information content (AvgIpc) is 2.37. The summed E-state index contributed by atoms with van der Waals surface area (Å²) in [4.78, 5) is 15.8. The van der Waals surface area contributed by atoms with Crippen molar-refractivity contribution in [2.75, 3.05) is 5.32 Å². The number of phenolic OH excluding ortho intramolecular Hbond substituents is 1. The van der Waals surface area contributed by atoms with Crippen molar-refractivity contribution in [2.45, 2.75) is 13.3 Å². The Kier molecular flexibility index (Phi) is 4.02. The molecule has 2 aromatic rings. The third kappa shape index (κ3) is 3.45. The molecule has 0 saturated carbocycles. The second-order valence-electron chi connectivity index (χ2n) is 4.19. The van der Waals surface area contributed by atoms with Gasteiger partial charge in [-0.3, -0.25) is 4.79 Å². The first-order valence-electron chi connectivity index (χ1n) is 5.75. The number of rotatable bonds is 3. The van der Waals surface area contributed by atoms with Gasteiger partial charge < -0.3 is 10.4 Å². The van der Waals surface area contributed by atoms with Gasteiger partial charge in [0.25, 0.3) is 0 Å². The van der Waals surface area contributed by atoms with E-state index in [0.29, 0.717) is 5.69 Å². The molecule has 1 amide bonds. The zero-order valence-electron chi connectivity index (χ0n) is 10.4. The van der Waals surface area contributed by atoms with Crippen molar-refractivity contribution >= 4 is 23.2 Å². The van der Waals surface area contributed by atoms with Gasteiger partial charge in [0.05, 0.1) is 12.1 Å². The van der Waals surface area contributed by atoms with E-state index in [0.717, 1.165) is 11.1 Å². The highest BCUT2D eigenvalue weighted by atomic mass is 35.5. The van der Waals surface area contributed by atoms with Gasteiger partial charge in [-0.05, 0) is 36.2 Å². The maximum Gasteiger partial charge on any atom is 0.228 e. The summed E-state index contributed by atoms with van der Waals surface area (Å²) in [6, 6.07) is 8.27. The van der Waals surface area contributed by atoms with Crippen molar-refractivity contribution in [3.05, 3.63) is 52.8 Å². The van der Waals surface area contributed by atoms with Crippen LogP contribution in [0, 0.1) is 6.92 Å². The normalized spacial score (nSPS) is 10.2. The fourth-order valence-corrected chi connectivity index (χ4v) is 1.91. The lowest BCUT2D eigenvalue weighted by molar-refractivity contribution is -0.115. The van der Waals surface area contributed by atoms with Gasteiger partial charge in [0, 0.05) is 6.20 Å². The summed E-state index contributed by atoms with van der Waals surface area (Å²) >= 11 is 5.94. The van der Waals surface area contributed by atoms with Crippen molar-refractivity contribution in [2.24, 2.45) is 0 Å². The molecule has 1 heterocycles. The number of amides is 1. The molecule has 4 nitrogen and oxygen atoms in total. The second-order valence-corrected chi connectivity index (χ2v) is 4.54. The molecule has 2 N–H and O–H groups in total. The van der Waals surface area contributed by atoms with Gasteiger partial charge in [0.1, 0.15) is 5.75 Å². The van der Waals surface area contributed by atoms with E-state index in [9.17, 15) is 9.90 Å². The van der Waals surface area contributed by atoms with Crippen LogP contribution in [0.3, 0.4) is 0 Å². The van der Waals surface area contributed by atoms with Crippen molar-refractivity contribution in [3.63, 3.8) is 0 Å². The number of aromatic nitrogens is 1. The summed E-state index contributed by atoms with van der Waals surface area (Å²) in [6.07, 6.45) is 1.80. The predicted octanol–water partition coefficient (Wildman–Crippen LogP) is 2.93. The second kappa shape index (κ2) is 5.71. The smallest absolute Gasteiger partial charge is 0.228 e. The molecule has 0 fully saturated rings. The van der Waals surface area contributed by atoms with Crippen molar-refractivity contribution < 1.29 is 9.90 Å². The number of aromatic hydroxyl groups is 1. The third-order valence-electron chi connectivity index (χ3n) is 2.68. The van der Waals surface area contributed by atoms with Crippen molar-refractivity contribution in [1.29, 1.82) is 0 Å². The number of benzene rings is 1. The van der Waals surface area contributed by atoms with Crippen LogP contribution in [-0.2, 0) is 11.2 Å². The van der Waals surface area contributed by atoms with Crippen molar-refractivity contribution in [3.8, 4) is 5.75 Å². The first-order valence-corrected chi connectivity index (χ1v) is 6.13. The summed E-state index contributed by atoms with van der Waals surface area (Å²) < 4.78 is 0. The molecule has 0 saturated heterocycles. The van der Waals surface area contributed by atoms with Crippen LogP contribution < -0.4 is 5.32 Å². The number of aryl methyl sites for hydroxylation is 1. The van der Waals surface area contributed by atoms with E-state index in [1.807, 2.05) is 6.92 Å². The van der Waals surface area contributed by atoms with E-state index in [1.165, 1.54) is 0 Å². The number of halogens is 1. The molecular weight excluding hydrogens is 264 g/mol. The number of phenols is 1. The number of carbonyl (C=O) groups is 1. The maximum atomic E-state index is 11.9. The van der Waals surface area contributed by atoms with Crippen LogP contribution in [0.2, 0.25) is 5.15 Å². The lowest BCUT2D eigenvalue weighted by Gasteiger charge is -2.09. The molecule has 0 unspecified atom stereocenters.